The lowest BCUT2D eigenvalue weighted by molar-refractivity contribution is -0.147. The van der Waals surface area contributed by atoms with Crippen LogP contribution in [-0.2, 0) is 24.1 Å². The molecule has 1 aromatic carbocycles. The van der Waals surface area contributed by atoms with E-state index in [-0.39, 0.29) is 18.2 Å². The molecular formula is C20H21F3N2O3. The van der Waals surface area contributed by atoms with E-state index < -0.39 is 17.8 Å². The van der Waals surface area contributed by atoms with Gasteiger partial charge in [0.2, 0.25) is 0 Å². The molecule has 2 aromatic rings. The molecule has 0 aliphatic carbocycles. The van der Waals surface area contributed by atoms with Crippen LogP contribution in [0.1, 0.15) is 28.1 Å². The standard InChI is InChI=1S/C20H21F3N2O3/c1-12-6-14(8-25-9-15(10-25)19(26)27)7-13(2)18(12)28-11-16-4-3-5-17(24-16)20(21,22)23/h3-7,15H,8-11H2,1-2H3,(H,26,27). The van der Waals surface area contributed by atoms with E-state index in [0.29, 0.717) is 25.4 Å². The van der Waals surface area contributed by atoms with Crippen LogP contribution in [0.15, 0.2) is 30.3 Å². The highest BCUT2D eigenvalue weighted by Crippen LogP contribution is 2.29. The number of rotatable bonds is 6. The summed E-state index contributed by atoms with van der Waals surface area (Å²) in [5.41, 5.74) is 2.06. The van der Waals surface area contributed by atoms with Gasteiger partial charge in [0.15, 0.2) is 0 Å². The summed E-state index contributed by atoms with van der Waals surface area (Å²) < 4.78 is 44.1. The van der Waals surface area contributed by atoms with Crippen LogP contribution in [0.3, 0.4) is 0 Å². The van der Waals surface area contributed by atoms with Gasteiger partial charge in [-0.05, 0) is 42.7 Å². The van der Waals surface area contributed by atoms with E-state index in [4.69, 9.17) is 9.84 Å². The fraction of sp³-hybridized carbons (Fsp3) is 0.400. The fourth-order valence-corrected chi connectivity index (χ4v) is 3.34. The normalized spacial score (nSPS) is 15.3. The lowest BCUT2D eigenvalue weighted by atomic mass is 9.98. The Hall–Kier alpha value is -2.61. The first-order valence-electron chi connectivity index (χ1n) is 8.84. The Balaban J connectivity index is 1.65. The second-order valence-electron chi connectivity index (χ2n) is 7.09. The molecule has 0 saturated carbocycles. The first kappa shape index (κ1) is 20.1. The maximum absolute atomic E-state index is 12.8. The average molecular weight is 394 g/mol. The van der Waals surface area contributed by atoms with Gasteiger partial charge in [0.25, 0.3) is 0 Å². The van der Waals surface area contributed by atoms with Gasteiger partial charge in [-0.1, -0.05) is 18.2 Å². The van der Waals surface area contributed by atoms with Crippen molar-refractivity contribution < 1.29 is 27.8 Å². The number of carboxylic acid groups (broad SMARTS) is 1. The number of hydrogen-bond acceptors (Lipinski definition) is 4. The maximum Gasteiger partial charge on any atom is 0.433 e. The summed E-state index contributed by atoms with van der Waals surface area (Å²) in [7, 11) is 0. The summed E-state index contributed by atoms with van der Waals surface area (Å²) in [4.78, 5) is 16.6. The number of aromatic nitrogens is 1. The Kier molecular flexibility index (Phi) is 5.60. The summed E-state index contributed by atoms with van der Waals surface area (Å²) in [5, 5.41) is 8.95. The molecule has 0 bridgehead atoms. The topological polar surface area (TPSA) is 62.7 Å². The van der Waals surface area contributed by atoms with E-state index in [9.17, 15) is 18.0 Å². The number of hydrogen-bond donors (Lipinski definition) is 1. The minimum Gasteiger partial charge on any atom is -0.487 e. The van der Waals surface area contributed by atoms with Gasteiger partial charge in [0, 0.05) is 19.6 Å². The molecule has 8 heteroatoms. The molecule has 0 amide bonds. The third kappa shape index (κ3) is 4.62. The largest absolute Gasteiger partial charge is 0.487 e. The summed E-state index contributed by atoms with van der Waals surface area (Å²) >= 11 is 0. The molecule has 2 heterocycles. The van der Waals surface area contributed by atoms with Gasteiger partial charge in [-0.2, -0.15) is 13.2 Å². The number of aryl methyl sites for hydroxylation is 2. The summed E-state index contributed by atoms with van der Waals surface area (Å²) in [5.74, 6) is -0.449. The molecule has 1 aliphatic rings. The number of halogens is 3. The molecule has 1 aliphatic heterocycles. The van der Waals surface area contributed by atoms with E-state index in [1.807, 2.05) is 26.0 Å². The lowest BCUT2D eigenvalue weighted by Gasteiger charge is -2.36. The molecule has 0 atom stereocenters. The molecule has 3 rings (SSSR count). The summed E-state index contributed by atoms with van der Waals surface area (Å²) in [6.07, 6.45) is -4.49. The van der Waals surface area contributed by atoms with Crippen LogP contribution >= 0.6 is 0 Å². The highest BCUT2D eigenvalue weighted by molar-refractivity contribution is 5.71. The molecule has 1 fully saturated rings. The number of pyridine rings is 1. The van der Waals surface area contributed by atoms with Crippen molar-refractivity contribution in [3.05, 3.63) is 58.4 Å². The van der Waals surface area contributed by atoms with Crippen molar-refractivity contribution in [2.24, 2.45) is 5.92 Å². The zero-order valence-corrected chi connectivity index (χ0v) is 15.6. The van der Waals surface area contributed by atoms with Gasteiger partial charge < -0.3 is 9.84 Å². The molecule has 1 N–H and O–H groups in total. The number of nitrogens with zero attached hydrogens (tertiary/aromatic N) is 2. The van der Waals surface area contributed by atoms with Crippen molar-refractivity contribution >= 4 is 5.97 Å². The van der Waals surface area contributed by atoms with Gasteiger partial charge >= 0.3 is 12.1 Å². The molecular weight excluding hydrogens is 373 g/mol. The van der Waals surface area contributed by atoms with Crippen molar-refractivity contribution in [3.63, 3.8) is 0 Å². The van der Waals surface area contributed by atoms with Crippen LogP contribution in [0.5, 0.6) is 5.75 Å². The number of carbonyl (C=O) groups is 1. The number of aliphatic carboxylic acids is 1. The zero-order chi connectivity index (χ0) is 20.5. The third-order valence-electron chi connectivity index (χ3n) is 4.69. The number of benzene rings is 1. The van der Waals surface area contributed by atoms with Gasteiger partial charge in [-0.15, -0.1) is 0 Å². The number of likely N-dealkylation sites (tertiary alicyclic amines) is 1. The van der Waals surface area contributed by atoms with Crippen molar-refractivity contribution in [2.45, 2.75) is 33.2 Å². The van der Waals surface area contributed by atoms with E-state index in [1.54, 1.807) is 0 Å². The lowest BCUT2D eigenvalue weighted by Crippen LogP contribution is -2.49. The molecule has 0 radical (unpaired) electrons. The summed E-state index contributed by atoms with van der Waals surface area (Å²) in [6.45, 7) is 5.42. The molecule has 0 spiro atoms. The third-order valence-corrected chi connectivity index (χ3v) is 4.69. The van der Waals surface area contributed by atoms with Crippen molar-refractivity contribution in [1.29, 1.82) is 0 Å². The Morgan fingerprint density at radius 2 is 1.89 bits per heavy atom. The average Bonchev–Trinajstić information content (AvgIpc) is 2.56. The van der Waals surface area contributed by atoms with Crippen molar-refractivity contribution in [2.75, 3.05) is 13.1 Å². The molecule has 5 nitrogen and oxygen atoms in total. The first-order valence-corrected chi connectivity index (χ1v) is 8.84. The number of ether oxygens (including phenoxy) is 1. The second-order valence-corrected chi connectivity index (χ2v) is 7.09. The smallest absolute Gasteiger partial charge is 0.433 e. The molecule has 1 saturated heterocycles. The van der Waals surface area contributed by atoms with Crippen LogP contribution in [0.2, 0.25) is 0 Å². The van der Waals surface area contributed by atoms with Crippen molar-refractivity contribution in [3.8, 4) is 5.75 Å². The Morgan fingerprint density at radius 3 is 2.46 bits per heavy atom. The number of carboxylic acids is 1. The Labute approximate surface area is 160 Å². The second kappa shape index (κ2) is 7.79. The molecule has 1 aromatic heterocycles. The minimum absolute atomic E-state index is 0.0582. The van der Waals surface area contributed by atoms with Gasteiger partial charge in [0.05, 0.1) is 11.6 Å². The Bertz CT molecular complexity index is 854. The monoisotopic (exact) mass is 394 g/mol. The quantitative estimate of drug-likeness (QED) is 0.807. The van der Waals surface area contributed by atoms with E-state index in [0.717, 1.165) is 22.8 Å². The highest BCUT2D eigenvalue weighted by atomic mass is 19.4. The van der Waals surface area contributed by atoms with Crippen LogP contribution in [0, 0.1) is 19.8 Å². The maximum atomic E-state index is 12.8. The van der Waals surface area contributed by atoms with Crippen LogP contribution in [0.4, 0.5) is 13.2 Å². The predicted molar refractivity (Wildman–Crippen MR) is 95.9 cm³/mol. The van der Waals surface area contributed by atoms with E-state index >= 15 is 0 Å². The zero-order valence-electron chi connectivity index (χ0n) is 15.6. The fourth-order valence-electron chi connectivity index (χ4n) is 3.34. The molecule has 28 heavy (non-hydrogen) atoms. The van der Waals surface area contributed by atoms with E-state index in [1.165, 1.54) is 12.1 Å². The minimum atomic E-state index is -4.49. The Morgan fingerprint density at radius 1 is 1.25 bits per heavy atom. The van der Waals surface area contributed by atoms with Crippen LogP contribution in [0.25, 0.3) is 0 Å². The summed E-state index contributed by atoms with van der Waals surface area (Å²) in [6, 6.07) is 7.65. The predicted octanol–water partition coefficient (Wildman–Crippen LogP) is 3.81. The van der Waals surface area contributed by atoms with Crippen molar-refractivity contribution in [1.82, 2.24) is 9.88 Å². The van der Waals surface area contributed by atoms with Crippen LogP contribution < -0.4 is 4.74 Å². The van der Waals surface area contributed by atoms with Crippen LogP contribution in [-0.4, -0.2) is 34.0 Å². The number of alkyl halides is 3. The molecule has 0 unspecified atom stereocenters. The van der Waals surface area contributed by atoms with E-state index in [2.05, 4.69) is 9.88 Å². The van der Waals surface area contributed by atoms with Gasteiger partial charge in [-0.3, -0.25) is 9.69 Å². The first-order chi connectivity index (χ1) is 13.1. The highest BCUT2D eigenvalue weighted by Gasteiger charge is 2.33. The van der Waals surface area contributed by atoms with Gasteiger partial charge in [-0.25, -0.2) is 4.98 Å². The van der Waals surface area contributed by atoms with Gasteiger partial charge in [0.1, 0.15) is 18.1 Å². The SMILES string of the molecule is Cc1cc(CN2CC(C(=O)O)C2)cc(C)c1OCc1cccc(C(F)(F)F)n1. The molecule has 150 valence electrons.